The van der Waals surface area contributed by atoms with Gasteiger partial charge in [0.15, 0.2) is 11.0 Å². The number of para-hydroxylation sites is 1. The quantitative estimate of drug-likeness (QED) is 0.470. The molecule has 1 heterocycles. The largest absolute Gasteiger partial charge is 0.355 e. The van der Waals surface area contributed by atoms with Crippen LogP contribution in [0.15, 0.2) is 59.8 Å². The van der Waals surface area contributed by atoms with Crippen molar-refractivity contribution in [2.24, 2.45) is 0 Å². The molecule has 0 radical (unpaired) electrons. The molecule has 0 aliphatic rings. The summed E-state index contributed by atoms with van der Waals surface area (Å²) >= 11 is 1.28. The van der Waals surface area contributed by atoms with E-state index >= 15 is 0 Å². The number of carbonyl (C=O) groups excluding carboxylic acids is 1. The van der Waals surface area contributed by atoms with Crippen molar-refractivity contribution >= 4 is 17.7 Å². The summed E-state index contributed by atoms with van der Waals surface area (Å²) < 4.78 is 16.1. The Kier molecular flexibility index (Phi) is 6.59. The van der Waals surface area contributed by atoms with Crippen LogP contribution in [0.3, 0.4) is 0 Å². The van der Waals surface area contributed by atoms with Crippen molar-refractivity contribution in [3.63, 3.8) is 0 Å². The third-order valence-electron chi connectivity index (χ3n) is 3.95. The predicted molar refractivity (Wildman–Crippen MR) is 105 cm³/mol. The second kappa shape index (κ2) is 9.32. The van der Waals surface area contributed by atoms with E-state index in [1.807, 2.05) is 30.3 Å². The highest BCUT2D eigenvalue weighted by atomic mass is 32.2. The number of amides is 1. The van der Waals surface area contributed by atoms with Crippen molar-refractivity contribution in [1.29, 1.82) is 0 Å². The lowest BCUT2D eigenvalue weighted by Gasteiger charge is -2.10. The normalized spacial score (nSPS) is 10.7. The van der Waals surface area contributed by atoms with Gasteiger partial charge in [0.05, 0.1) is 11.3 Å². The Morgan fingerprint density at radius 1 is 1.11 bits per heavy atom. The number of rotatable bonds is 8. The van der Waals surface area contributed by atoms with Crippen LogP contribution < -0.4 is 5.32 Å². The summed E-state index contributed by atoms with van der Waals surface area (Å²) in [5.41, 5.74) is 1.18. The molecule has 1 aromatic heterocycles. The Hall–Kier alpha value is -2.67. The third kappa shape index (κ3) is 4.74. The molecule has 7 heteroatoms. The van der Waals surface area contributed by atoms with E-state index in [-0.39, 0.29) is 17.5 Å². The van der Waals surface area contributed by atoms with Gasteiger partial charge in [-0.25, -0.2) is 4.39 Å². The summed E-state index contributed by atoms with van der Waals surface area (Å²) in [6.07, 6.45) is 1.98. The molecule has 0 saturated heterocycles. The first kappa shape index (κ1) is 19.1. The smallest absolute Gasteiger partial charge is 0.230 e. The lowest BCUT2D eigenvalue weighted by Crippen LogP contribution is -2.26. The van der Waals surface area contributed by atoms with E-state index in [4.69, 9.17) is 0 Å². The fourth-order valence-electron chi connectivity index (χ4n) is 2.58. The molecule has 0 bridgehead atoms. The average molecular weight is 384 g/mol. The van der Waals surface area contributed by atoms with Crippen molar-refractivity contribution in [1.82, 2.24) is 20.1 Å². The first-order valence-electron chi connectivity index (χ1n) is 8.86. The maximum Gasteiger partial charge on any atom is 0.230 e. The van der Waals surface area contributed by atoms with Gasteiger partial charge in [-0.2, -0.15) is 0 Å². The van der Waals surface area contributed by atoms with Crippen LogP contribution in [0.2, 0.25) is 0 Å². The van der Waals surface area contributed by atoms with E-state index in [1.54, 1.807) is 22.8 Å². The molecule has 3 rings (SSSR count). The number of hydrogen-bond donors (Lipinski definition) is 1. The number of halogens is 1. The standard InChI is InChI=1S/C20H21FN4OS/c1-2-3-13-22-18(26)14-27-20-24-23-19(16-11-7-8-12-17(16)21)25(20)15-9-5-4-6-10-15/h4-12H,2-3,13-14H2,1H3,(H,22,26). The molecule has 0 aliphatic carbocycles. The van der Waals surface area contributed by atoms with Crippen molar-refractivity contribution in [2.75, 3.05) is 12.3 Å². The molecule has 0 fully saturated rings. The minimum atomic E-state index is -0.365. The van der Waals surface area contributed by atoms with E-state index in [1.165, 1.54) is 17.8 Å². The van der Waals surface area contributed by atoms with Crippen molar-refractivity contribution < 1.29 is 9.18 Å². The summed E-state index contributed by atoms with van der Waals surface area (Å²) in [5, 5.41) is 11.8. The number of unbranched alkanes of at least 4 members (excludes halogenated alkanes) is 1. The van der Waals surface area contributed by atoms with Crippen LogP contribution in [-0.2, 0) is 4.79 Å². The predicted octanol–water partition coefficient (Wildman–Crippen LogP) is 4.08. The van der Waals surface area contributed by atoms with Crippen LogP contribution in [0.5, 0.6) is 0 Å². The van der Waals surface area contributed by atoms with Gasteiger partial charge in [0, 0.05) is 12.2 Å². The van der Waals surface area contributed by atoms with Gasteiger partial charge in [0.1, 0.15) is 5.82 Å². The zero-order valence-corrected chi connectivity index (χ0v) is 15.9. The van der Waals surface area contributed by atoms with E-state index in [2.05, 4.69) is 22.4 Å². The number of hydrogen-bond acceptors (Lipinski definition) is 4. The molecule has 0 aliphatic heterocycles. The lowest BCUT2D eigenvalue weighted by molar-refractivity contribution is -0.118. The molecule has 0 atom stereocenters. The number of benzene rings is 2. The molecule has 1 N–H and O–H groups in total. The Balaban J connectivity index is 1.89. The fourth-order valence-corrected chi connectivity index (χ4v) is 3.36. The third-order valence-corrected chi connectivity index (χ3v) is 4.88. The molecule has 0 saturated carbocycles. The van der Waals surface area contributed by atoms with Crippen LogP contribution >= 0.6 is 11.8 Å². The number of nitrogens with zero attached hydrogens (tertiary/aromatic N) is 3. The van der Waals surface area contributed by atoms with E-state index in [0.717, 1.165) is 18.5 Å². The molecule has 27 heavy (non-hydrogen) atoms. The number of aromatic nitrogens is 3. The summed E-state index contributed by atoms with van der Waals surface area (Å²) in [4.78, 5) is 12.0. The molecule has 0 spiro atoms. The van der Waals surface area contributed by atoms with Crippen LogP contribution in [-0.4, -0.2) is 33.0 Å². The van der Waals surface area contributed by atoms with Gasteiger partial charge in [0.2, 0.25) is 5.91 Å². The highest BCUT2D eigenvalue weighted by Gasteiger charge is 2.19. The topological polar surface area (TPSA) is 59.8 Å². The first-order valence-corrected chi connectivity index (χ1v) is 9.84. The monoisotopic (exact) mass is 384 g/mol. The highest BCUT2D eigenvalue weighted by molar-refractivity contribution is 7.99. The van der Waals surface area contributed by atoms with Gasteiger partial charge in [-0.3, -0.25) is 9.36 Å². The van der Waals surface area contributed by atoms with Gasteiger partial charge in [-0.15, -0.1) is 10.2 Å². The van der Waals surface area contributed by atoms with Crippen LogP contribution in [0.1, 0.15) is 19.8 Å². The second-order valence-corrected chi connectivity index (χ2v) is 6.89. The molecule has 3 aromatic rings. The minimum absolute atomic E-state index is 0.0523. The van der Waals surface area contributed by atoms with Crippen molar-refractivity contribution in [3.8, 4) is 17.1 Å². The summed E-state index contributed by atoms with van der Waals surface area (Å²) in [7, 11) is 0. The van der Waals surface area contributed by atoms with E-state index in [9.17, 15) is 9.18 Å². The van der Waals surface area contributed by atoms with E-state index < -0.39 is 0 Å². The van der Waals surface area contributed by atoms with Gasteiger partial charge in [0.25, 0.3) is 0 Å². The molecule has 0 unspecified atom stereocenters. The zero-order chi connectivity index (χ0) is 19.1. The Morgan fingerprint density at radius 2 is 1.85 bits per heavy atom. The van der Waals surface area contributed by atoms with Crippen LogP contribution in [0.4, 0.5) is 4.39 Å². The van der Waals surface area contributed by atoms with Crippen LogP contribution in [0.25, 0.3) is 17.1 Å². The van der Waals surface area contributed by atoms with Gasteiger partial charge < -0.3 is 5.32 Å². The molecular formula is C20H21FN4OS. The average Bonchev–Trinajstić information content (AvgIpc) is 3.11. The molecule has 1 amide bonds. The number of nitrogens with one attached hydrogen (secondary N) is 1. The van der Waals surface area contributed by atoms with Gasteiger partial charge in [-0.05, 0) is 30.7 Å². The molecule has 140 valence electrons. The zero-order valence-electron chi connectivity index (χ0n) is 15.1. The Labute approximate surface area is 162 Å². The fraction of sp³-hybridized carbons (Fsp3) is 0.250. The SMILES string of the molecule is CCCCNC(=O)CSc1nnc(-c2ccccc2F)n1-c1ccccc1. The number of carbonyl (C=O) groups is 1. The second-order valence-electron chi connectivity index (χ2n) is 5.95. The maximum absolute atomic E-state index is 14.3. The van der Waals surface area contributed by atoms with Crippen molar-refractivity contribution in [2.45, 2.75) is 24.9 Å². The summed E-state index contributed by atoms with van der Waals surface area (Å²) in [5.74, 6) is 0.221. The number of thioether (sulfide) groups is 1. The molecule has 5 nitrogen and oxygen atoms in total. The van der Waals surface area contributed by atoms with E-state index in [0.29, 0.717) is 23.1 Å². The summed E-state index contributed by atoms with van der Waals surface area (Å²) in [6.45, 7) is 2.75. The maximum atomic E-state index is 14.3. The lowest BCUT2D eigenvalue weighted by atomic mass is 10.2. The van der Waals surface area contributed by atoms with Gasteiger partial charge >= 0.3 is 0 Å². The first-order chi connectivity index (χ1) is 13.2. The van der Waals surface area contributed by atoms with Crippen LogP contribution in [0, 0.1) is 5.82 Å². The molecule has 2 aromatic carbocycles. The Morgan fingerprint density at radius 3 is 2.59 bits per heavy atom. The summed E-state index contributed by atoms with van der Waals surface area (Å²) in [6, 6.07) is 16.0. The van der Waals surface area contributed by atoms with Crippen molar-refractivity contribution in [3.05, 3.63) is 60.4 Å². The Bertz CT molecular complexity index is 898. The molecular weight excluding hydrogens is 363 g/mol. The minimum Gasteiger partial charge on any atom is -0.355 e. The highest BCUT2D eigenvalue weighted by Crippen LogP contribution is 2.29. The van der Waals surface area contributed by atoms with Gasteiger partial charge in [-0.1, -0.05) is 55.4 Å².